The van der Waals surface area contributed by atoms with Crippen molar-refractivity contribution < 1.29 is 22.7 Å². The van der Waals surface area contributed by atoms with Gasteiger partial charge in [-0.25, -0.2) is 4.68 Å². The van der Waals surface area contributed by atoms with Crippen LogP contribution in [0.1, 0.15) is 12.1 Å². The molecule has 152 valence electrons. The first kappa shape index (κ1) is 20.2. The summed E-state index contributed by atoms with van der Waals surface area (Å²) in [6.45, 7) is 1.56. The Morgan fingerprint density at radius 1 is 1.31 bits per heavy atom. The molecule has 0 fully saturated rings. The first-order valence-electron chi connectivity index (χ1n) is 8.16. The number of aryl methyl sites for hydroxylation is 1. The van der Waals surface area contributed by atoms with Crippen molar-refractivity contribution in [1.82, 2.24) is 9.78 Å². The number of hydrogen-bond acceptors (Lipinski definition) is 8. The number of H-pyrrole nitrogens is 1. The number of aromatic amines is 1. The van der Waals surface area contributed by atoms with E-state index < -0.39 is 32.4 Å². The minimum absolute atomic E-state index is 0.0105. The molecule has 29 heavy (non-hydrogen) atoms. The fraction of sp³-hybridized carbons (Fsp3) is 0.188. The van der Waals surface area contributed by atoms with Crippen LogP contribution in [0.5, 0.6) is 0 Å². The lowest BCUT2D eigenvalue weighted by molar-refractivity contribution is -0.507. The molecule has 0 amide bonds. The molecule has 0 spiro atoms. The Hall–Kier alpha value is -3.58. The van der Waals surface area contributed by atoms with Crippen LogP contribution in [-0.4, -0.2) is 45.2 Å². The summed E-state index contributed by atoms with van der Waals surface area (Å²) in [7, 11) is -4.36. The number of rotatable bonds is 5. The van der Waals surface area contributed by atoms with Gasteiger partial charge in [-0.3, -0.25) is 34.8 Å². The Morgan fingerprint density at radius 2 is 1.97 bits per heavy atom. The average Bonchev–Trinajstić information content (AvgIpc) is 2.94. The number of allylic oxidation sites excluding steroid dienone is 1. The van der Waals surface area contributed by atoms with Gasteiger partial charge in [0.25, 0.3) is 15.7 Å². The molecule has 0 radical (unpaired) electrons. The third kappa shape index (κ3) is 4.14. The van der Waals surface area contributed by atoms with Crippen LogP contribution in [0.4, 0.5) is 5.69 Å². The Morgan fingerprint density at radius 3 is 2.55 bits per heavy atom. The first-order valence-corrected chi connectivity index (χ1v) is 9.60. The Balaban J connectivity index is 1.89. The average molecular weight is 421 g/mol. The highest BCUT2D eigenvalue weighted by atomic mass is 32.2. The van der Waals surface area contributed by atoms with Crippen molar-refractivity contribution in [2.75, 3.05) is 5.43 Å². The standard InChI is InChI=1S/C16H15N5O7S/c1-9-15(18-17-13-8-11(21(24)25)4-7-14(13)22)16(23)20(19-9)10-2-5-12(6-3-10)29(26,27)28/h2-7,11,18-19H,8H2,1H3,(H,26,27,28). The summed E-state index contributed by atoms with van der Waals surface area (Å²) in [6, 6.07) is 3.82. The van der Waals surface area contributed by atoms with E-state index in [0.717, 1.165) is 22.9 Å². The summed E-state index contributed by atoms with van der Waals surface area (Å²) >= 11 is 0. The maximum Gasteiger partial charge on any atom is 0.296 e. The summed E-state index contributed by atoms with van der Waals surface area (Å²) < 4.78 is 32.3. The number of hydrazone groups is 1. The number of hydrogen-bond donors (Lipinski definition) is 3. The SMILES string of the molecule is Cc1[nH]n(-c2ccc(S(=O)(=O)O)cc2)c(=O)c1NN=C1CC([N+](=O)[O-])C=CC1=O. The molecule has 0 aliphatic heterocycles. The monoisotopic (exact) mass is 421 g/mol. The van der Waals surface area contributed by atoms with E-state index >= 15 is 0 Å². The Bertz CT molecular complexity index is 1210. The van der Waals surface area contributed by atoms with Gasteiger partial charge in [0.1, 0.15) is 11.4 Å². The lowest BCUT2D eigenvalue weighted by Crippen LogP contribution is -2.30. The van der Waals surface area contributed by atoms with Crippen LogP contribution in [-0.2, 0) is 14.9 Å². The van der Waals surface area contributed by atoms with Crippen molar-refractivity contribution in [3.05, 3.63) is 62.6 Å². The molecule has 1 heterocycles. The van der Waals surface area contributed by atoms with Crippen LogP contribution in [0.2, 0.25) is 0 Å². The van der Waals surface area contributed by atoms with Crippen molar-refractivity contribution in [3.8, 4) is 5.69 Å². The molecule has 3 rings (SSSR count). The van der Waals surface area contributed by atoms with Crippen molar-refractivity contribution in [2.45, 2.75) is 24.3 Å². The van der Waals surface area contributed by atoms with Gasteiger partial charge in [-0.15, -0.1) is 0 Å². The normalized spacial score (nSPS) is 18.2. The highest BCUT2D eigenvalue weighted by Gasteiger charge is 2.27. The van der Waals surface area contributed by atoms with Crippen LogP contribution in [0.15, 0.2) is 51.2 Å². The highest BCUT2D eigenvalue weighted by Crippen LogP contribution is 2.15. The minimum atomic E-state index is -4.36. The van der Waals surface area contributed by atoms with Gasteiger partial charge in [0.05, 0.1) is 22.7 Å². The zero-order valence-corrected chi connectivity index (χ0v) is 15.7. The maximum atomic E-state index is 12.6. The van der Waals surface area contributed by atoms with Gasteiger partial charge in [-0.2, -0.15) is 13.5 Å². The zero-order valence-electron chi connectivity index (χ0n) is 14.9. The summed E-state index contributed by atoms with van der Waals surface area (Å²) in [6.07, 6.45) is 2.05. The summed E-state index contributed by atoms with van der Waals surface area (Å²) in [4.78, 5) is 34.5. The fourth-order valence-corrected chi connectivity index (χ4v) is 3.14. The molecular weight excluding hydrogens is 406 g/mol. The van der Waals surface area contributed by atoms with Gasteiger partial charge in [0.2, 0.25) is 11.8 Å². The van der Waals surface area contributed by atoms with E-state index in [1.807, 2.05) is 0 Å². The van der Waals surface area contributed by atoms with Crippen LogP contribution < -0.4 is 11.0 Å². The minimum Gasteiger partial charge on any atom is -0.293 e. The van der Waals surface area contributed by atoms with Gasteiger partial charge < -0.3 is 0 Å². The molecule has 1 unspecified atom stereocenters. The maximum absolute atomic E-state index is 12.6. The highest BCUT2D eigenvalue weighted by molar-refractivity contribution is 7.85. The fourth-order valence-electron chi connectivity index (χ4n) is 2.66. The molecule has 1 atom stereocenters. The van der Waals surface area contributed by atoms with Gasteiger partial charge in [-0.05, 0) is 43.3 Å². The molecule has 1 aliphatic rings. The van der Waals surface area contributed by atoms with E-state index in [0.29, 0.717) is 5.69 Å². The number of aromatic nitrogens is 2. The predicted molar refractivity (Wildman–Crippen MR) is 102 cm³/mol. The summed E-state index contributed by atoms with van der Waals surface area (Å²) in [5, 5.41) is 17.5. The molecule has 1 aliphatic carbocycles. The second-order valence-corrected chi connectivity index (χ2v) is 7.59. The second-order valence-electron chi connectivity index (χ2n) is 6.17. The number of carbonyl (C=O) groups is 1. The molecule has 12 nitrogen and oxygen atoms in total. The van der Waals surface area contributed by atoms with Crippen LogP contribution in [0.25, 0.3) is 5.69 Å². The zero-order chi connectivity index (χ0) is 21.3. The van der Waals surface area contributed by atoms with Crippen molar-refractivity contribution >= 4 is 27.3 Å². The Labute approximate surface area is 163 Å². The van der Waals surface area contributed by atoms with Gasteiger partial charge in [0.15, 0.2) is 0 Å². The number of ketones is 1. The third-order valence-electron chi connectivity index (χ3n) is 4.19. The molecule has 1 aromatic heterocycles. The molecule has 0 saturated heterocycles. The number of nitrogens with one attached hydrogen (secondary N) is 2. The van der Waals surface area contributed by atoms with E-state index in [1.165, 1.54) is 18.2 Å². The molecule has 0 saturated carbocycles. The van der Waals surface area contributed by atoms with Crippen LogP contribution in [0.3, 0.4) is 0 Å². The molecule has 3 N–H and O–H groups in total. The summed E-state index contributed by atoms with van der Waals surface area (Å²) in [5.41, 5.74) is 2.48. The summed E-state index contributed by atoms with van der Waals surface area (Å²) in [5.74, 6) is -0.495. The number of nitro groups is 1. The smallest absolute Gasteiger partial charge is 0.293 e. The van der Waals surface area contributed by atoms with E-state index in [-0.39, 0.29) is 28.4 Å². The lowest BCUT2D eigenvalue weighted by atomic mass is 10.0. The largest absolute Gasteiger partial charge is 0.296 e. The molecule has 0 bridgehead atoms. The molecule has 1 aromatic carbocycles. The van der Waals surface area contributed by atoms with E-state index in [4.69, 9.17) is 4.55 Å². The quantitative estimate of drug-likeness (QED) is 0.358. The lowest BCUT2D eigenvalue weighted by Gasteiger charge is -2.10. The van der Waals surface area contributed by atoms with Crippen molar-refractivity contribution in [1.29, 1.82) is 0 Å². The van der Waals surface area contributed by atoms with E-state index in [9.17, 15) is 28.1 Å². The number of carbonyl (C=O) groups excluding carboxylic acids is 1. The molecular formula is C16H15N5O7S. The molecule has 13 heteroatoms. The number of anilines is 1. The van der Waals surface area contributed by atoms with E-state index in [1.54, 1.807) is 6.92 Å². The van der Waals surface area contributed by atoms with Gasteiger partial charge in [0, 0.05) is 4.92 Å². The topological polar surface area (TPSA) is 177 Å². The third-order valence-corrected chi connectivity index (χ3v) is 5.06. The van der Waals surface area contributed by atoms with Crippen molar-refractivity contribution in [3.63, 3.8) is 0 Å². The van der Waals surface area contributed by atoms with Crippen LogP contribution >= 0.6 is 0 Å². The predicted octanol–water partition coefficient (Wildman–Crippen LogP) is 0.663. The van der Waals surface area contributed by atoms with Gasteiger partial charge >= 0.3 is 0 Å². The second kappa shape index (κ2) is 7.44. The van der Waals surface area contributed by atoms with Gasteiger partial charge in [-0.1, -0.05) is 0 Å². The number of nitrogens with zero attached hydrogens (tertiary/aromatic N) is 3. The molecule has 2 aromatic rings. The first-order chi connectivity index (χ1) is 13.6. The van der Waals surface area contributed by atoms with Crippen molar-refractivity contribution in [2.24, 2.45) is 5.10 Å². The van der Waals surface area contributed by atoms with E-state index in [2.05, 4.69) is 15.6 Å². The Kier molecular flexibility index (Phi) is 5.18. The number of benzene rings is 1. The van der Waals surface area contributed by atoms with Crippen LogP contribution in [0, 0.1) is 17.0 Å².